The summed E-state index contributed by atoms with van der Waals surface area (Å²) < 4.78 is 0. The van der Waals surface area contributed by atoms with Gasteiger partial charge < -0.3 is 37.5 Å². The fourth-order valence-corrected chi connectivity index (χ4v) is 2.47. The van der Waals surface area contributed by atoms with Crippen LogP contribution in [0.1, 0.15) is 32.9 Å². The summed E-state index contributed by atoms with van der Waals surface area (Å²) in [6, 6.07) is -4.62. The van der Waals surface area contributed by atoms with Crippen LogP contribution in [-0.2, 0) is 30.4 Å². The van der Waals surface area contributed by atoms with E-state index in [2.05, 4.69) is 25.9 Å². The molecule has 4 amide bonds. The third kappa shape index (κ3) is 8.42. The maximum absolute atomic E-state index is 12.7. The first kappa shape index (κ1) is 25.6. The molecule has 1 aromatic heterocycles. The first-order valence-corrected chi connectivity index (χ1v) is 9.57. The van der Waals surface area contributed by atoms with Gasteiger partial charge in [-0.1, -0.05) is 13.8 Å². The second kappa shape index (κ2) is 11.6. The SMILES string of the molecule is CC(NC(=O)C(N)C(C)C)C(=O)NC(Cc1cnc[nH]1)C(=O)NC(CC(N)=O)C(=O)O. The molecule has 1 rings (SSSR count). The number of hydrogen-bond donors (Lipinski definition) is 7. The standard InChI is InChI=1S/C18H29N7O6/c1-8(2)14(20)17(29)23-9(3)15(27)24-11(4-10-6-21-7-22-10)16(28)25-12(18(30)31)5-13(19)26/h6-9,11-12,14H,4-5,20H2,1-3H3,(H2,19,26)(H,21,22)(H,23,29)(H,24,27)(H,25,28)(H,30,31). The second-order valence-electron chi connectivity index (χ2n) is 7.41. The van der Waals surface area contributed by atoms with Crippen LogP contribution in [0.4, 0.5) is 0 Å². The molecule has 1 aromatic rings. The van der Waals surface area contributed by atoms with Crippen molar-refractivity contribution in [2.45, 2.75) is 57.8 Å². The van der Waals surface area contributed by atoms with Gasteiger partial charge in [0.2, 0.25) is 23.6 Å². The lowest BCUT2D eigenvalue weighted by Crippen LogP contribution is -2.57. The lowest BCUT2D eigenvalue weighted by molar-refractivity contribution is -0.143. The number of hydrogen-bond acceptors (Lipinski definition) is 7. The Bertz CT molecular complexity index is 795. The number of carbonyl (C=O) groups excluding carboxylic acids is 4. The van der Waals surface area contributed by atoms with Gasteiger partial charge in [-0.2, -0.15) is 0 Å². The third-order valence-corrected chi connectivity index (χ3v) is 4.40. The van der Waals surface area contributed by atoms with Crippen LogP contribution in [0.3, 0.4) is 0 Å². The van der Waals surface area contributed by atoms with Crippen LogP contribution < -0.4 is 27.4 Å². The molecule has 13 heteroatoms. The van der Waals surface area contributed by atoms with E-state index >= 15 is 0 Å². The molecule has 0 bridgehead atoms. The molecule has 0 radical (unpaired) electrons. The van der Waals surface area contributed by atoms with Crippen LogP contribution >= 0.6 is 0 Å². The van der Waals surface area contributed by atoms with Crippen molar-refractivity contribution in [1.82, 2.24) is 25.9 Å². The minimum absolute atomic E-state index is 0.0490. The predicted molar refractivity (Wildman–Crippen MR) is 108 cm³/mol. The maximum atomic E-state index is 12.7. The quantitative estimate of drug-likeness (QED) is 0.182. The van der Waals surface area contributed by atoms with Gasteiger partial charge in [-0.3, -0.25) is 19.2 Å². The number of aliphatic carboxylic acids is 1. The summed E-state index contributed by atoms with van der Waals surface area (Å²) in [5.74, 6) is -4.59. The van der Waals surface area contributed by atoms with Crippen LogP contribution in [0.15, 0.2) is 12.5 Å². The summed E-state index contributed by atoms with van der Waals surface area (Å²) in [4.78, 5) is 66.3. The maximum Gasteiger partial charge on any atom is 0.326 e. The molecule has 31 heavy (non-hydrogen) atoms. The summed E-state index contributed by atoms with van der Waals surface area (Å²) in [5, 5.41) is 16.3. The predicted octanol–water partition coefficient (Wildman–Crippen LogP) is -2.63. The van der Waals surface area contributed by atoms with Gasteiger partial charge in [0, 0.05) is 18.3 Å². The van der Waals surface area contributed by atoms with Crippen molar-refractivity contribution < 1.29 is 29.1 Å². The number of carbonyl (C=O) groups is 5. The van der Waals surface area contributed by atoms with E-state index in [0.29, 0.717) is 5.69 Å². The first-order chi connectivity index (χ1) is 14.4. The Kier molecular flexibility index (Phi) is 9.60. The van der Waals surface area contributed by atoms with Crippen molar-refractivity contribution in [1.29, 1.82) is 0 Å². The largest absolute Gasteiger partial charge is 0.480 e. The van der Waals surface area contributed by atoms with Gasteiger partial charge in [0.15, 0.2) is 0 Å². The number of amides is 4. The zero-order valence-electron chi connectivity index (χ0n) is 17.5. The lowest BCUT2D eigenvalue weighted by atomic mass is 10.0. The van der Waals surface area contributed by atoms with Crippen molar-refractivity contribution >= 4 is 29.6 Å². The third-order valence-electron chi connectivity index (χ3n) is 4.40. The highest BCUT2D eigenvalue weighted by molar-refractivity contribution is 5.94. The number of aromatic amines is 1. The van der Waals surface area contributed by atoms with E-state index in [4.69, 9.17) is 11.5 Å². The molecule has 172 valence electrons. The van der Waals surface area contributed by atoms with E-state index < -0.39 is 60.2 Å². The van der Waals surface area contributed by atoms with E-state index in [1.807, 2.05) is 0 Å². The van der Waals surface area contributed by atoms with Crippen LogP contribution in [0.2, 0.25) is 0 Å². The minimum Gasteiger partial charge on any atom is -0.480 e. The fourth-order valence-electron chi connectivity index (χ4n) is 2.47. The number of carboxylic acids is 1. The average Bonchev–Trinajstić information content (AvgIpc) is 3.18. The summed E-state index contributed by atoms with van der Waals surface area (Å²) in [7, 11) is 0. The molecule has 4 atom stereocenters. The van der Waals surface area contributed by atoms with Gasteiger partial charge in [0.25, 0.3) is 0 Å². The van der Waals surface area contributed by atoms with Crippen molar-refractivity contribution in [3.63, 3.8) is 0 Å². The number of nitrogens with two attached hydrogens (primary N) is 2. The molecule has 0 aromatic carbocycles. The number of H-pyrrole nitrogens is 1. The van der Waals surface area contributed by atoms with Gasteiger partial charge >= 0.3 is 5.97 Å². The summed E-state index contributed by atoms with van der Waals surface area (Å²) in [6.07, 6.45) is 2.13. The average molecular weight is 439 g/mol. The van der Waals surface area contributed by atoms with E-state index in [1.165, 1.54) is 19.4 Å². The normalized spacial score (nSPS) is 14.7. The van der Waals surface area contributed by atoms with Gasteiger partial charge in [0.1, 0.15) is 18.1 Å². The summed E-state index contributed by atoms with van der Waals surface area (Å²) in [5.41, 5.74) is 11.3. The molecular weight excluding hydrogens is 410 g/mol. The van der Waals surface area contributed by atoms with E-state index in [-0.39, 0.29) is 12.3 Å². The molecule has 0 aliphatic rings. The van der Waals surface area contributed by atoms with Gasteiger partial charge in [-0.15, -0.1) is 0 Å². The monoisotopic (exact) mass is 439 g/mol. The van der Waals surface area contributed by atoms with Crippen LogP contribution in [0.25, 0.3) is 0 Å². The highest BCUT2D eigenvalue weighted by Crippen LogP contribution is 2.03. The molecule has 0 aliphatic carbocycles. The molecule has 9 N–H and O–H groups in total. The van der Waals surface area contributed by atoms with E-state index in [9.17, 15) is 29.1 Å². The first-order valence-electron chi connectivity index (χ1n) is 9.57. The van der Waals surface area contributed by atoms with Crippen LogP contribution in [0, 0.1) is 5.92 Å². The van der Waals surface area contributed by atoms with Crippen molar-refractivity contribution in [2.75, 3.05) is 0 Å². The van der Waals surface area contributed by atoms with Gasteiger partial charge in [0.05, 0.1) is 18.8 Å². The highest BCUT2D eigenvalue weighted by atomic mass is 16.4. The van der Waals surface area contributed by atoms with Crippen LogP contribution in [0.5, 0.6) is 0 Å². The topological polar surface area (TPSA) is 222 Å². The number of rotatable bonds is 12. The summed E-state index contributed by atoms with van der Waals surface area (Å²) in [6.45, 7) is 4.92. The Morgan fingerprint density at radius 1 is 1.03 bits per heavy atom. The highest BCUT2D eigenvalue weighted by Gasteiger charge is 2.30. The molecule has 0 aliphatic heterocycles. The van der Waals surface area contributed by atoms with E-state index in [0.717, 1.165) is 0 Å². The number of primary amides is 1. The molecule has 1 heterocycles. The van der Waals surface area contributed by atoms with Gasteiger partial charge in [-0.05, 0) is 12.8 Å². The molecule has 0 saturated carbocycles. The number of imidazole rings is 1. The number of carboxylic acid groups (broad SMARTS) is 1. The number of nitrogens with zero attached hydrogens (tertiary/aromatic N) is 1. The Morgan fingerprint density at radius 2 is 1.65 bits per heavy atom. The zero-order valence-corrected chi connectivity index (χ0v) is 17.5. The molecule has 0 fully saturated rings. The Hall–Kier alpha value is -3.48. The number of nitrogens with one attached hydrogen (secondary N) is 4. The smallest absolute Gasteiger partial charge is 0.326 e. The zero-order chi connectivity index (χ0) is 23.7. The minimum atomic E-state index is -1.56. The Balaban J connectivity index is 2.91. The molecule has 0 spiro atoms. The van der Waals surface area contributed by atoms with E-state index in [1.54, 1.807) is 13.8 Å². The van der Waals surface area contributed by atoms with Crippen LogP contribution in [-0.4, -0.2) is 68.8 Å². The van der Waals surface area contributed by atoms with Crippen molar-refractivity contribution in [3.8, 4) is 0 Å². The number of aromatic nitrogens is 2. The molecule has 0 saturated heterocycles. The fraction of sp³-hybridized carbons (Fsp3) is 0.556. The Morgan fingerprint density at radius 3 is 2.13 bits per heavy atom. The molecule has 4 unspecified atom stereocenters. The van der Waals surface area contributed by atoms with Gasteiger partial charge in [-0.25, -0.2) is 9.78 Å². The second-order valence-corrected chi connectivity index (χ2v) is 7.41. The summed E-state index contributed by atoms with van der Waals surface area (Å²) >= 11 is 0. The Labute approximate surface area is 178 Å². The molecular formula is C18H29N7O6. The van der Waals surface area contributed by atoms with Crippen molar-refractivity contribution in [2.24, 2.45) is 17.4 Å². The van der Waals surface area contributed by atoms with Crippen molar-refractivity contribution in [3.05, 3.63) is 18.2 Å². The molecule has 13 nitrogen and oxygen atoms in total. The lowest BCUT2D eigenvalue weighted by Gasteiger charge is -2.23.